The van der Waals surface area contributed by atoms with Gasteiger partial charge in [0.1, 0.15) is 5.52 Å². The highest BCUT2D eigenvalue weighted by atomic mass is 16.3. The van der Waals surface area contributed by atoms with Gasteiger partial charge in [-0.25, -0.2) is 4.98 Å². The number of fused-ring (bicyclic) bond motifs is 4. The molecule has 4 nitrogen and oxygen atoms in total. The summed E-state index contributed by atoms with van der Waals surface area (Å²) in [6, 6.07) is 57.7. The number of nitrogens with zero attached hydrogens (tertiary/aromatic N) is 3. The average Bonchev–Trinajstić information content (AvgIpc) is 3.73. The van der Waals surface area contributed by atoms with Crippen LogP contribution in [0, 0.1) is 13.8 Å². The fourth-order valence-electron chi connectivity index (χ4n) is 7.11. The number of aromatic nitrogens is 2. The highest BCUT2D eigenvalue weighted by Crippen LogP contribution is 2.41. The quantitative estimate of drug-likeness (QED) is 0.183. The molecule has 0 aliphatic heterocycles. The van der Waals surface area contributed by atoms with Crippen LogP contribution >= 0.6 is 0 Å². The van der Waals surface area contributed by atoms with E-state index in [1.165, 1.54) is 44.2 Å². The van der Waals surface area contributed by atoms with Crippen molar-refractivity contribution in [3.05, 3.63) is 175 Å². The molecule has 0 unspecified atom stereocenters. The van der Waals surface area contributed by atoms with Crippen LogP contribution in [0.4, 0.5) is 17.1 Å². The summed E-state index contributed by atoms with van der Waals surface area (Å²) in [4.78, 5) is 7.07. The normalized spacial score (nSPS) is 11.5. The van der Waals surface area contributed by atoms with E-state index >= 15 is 0 Å². The fraction of sp³-hybridized carbons (Fsp3) is 0.0444. The van der Waals surface area contributed by atoms with Crippen LogP contribution in [0.5, 0.6) is 0 Å². The SMILES string of the molecule is Cc1cc(-n2c3ccccc3c3cc(N(c4ccccc4)c4ccccc4)ccc32)c(C)cc1-c1ccc2nc(-c3ccccc3)oc2c1. The predicted molar refractivity (Wildman–Crippen MR) is 203 cm³/mol. The third-order valence-corrected chi connectivity index (χ3v) is 9.45. The molecule has 0 aliphatic rings. The summed E-state index contributed by atoms with van der Waals surface area (Å²) in [5, 5.41) is 2.45. The van der Waals surface area contributed by atoms with Gasteiger partial charge in [0.25, 0.3) is 0 Å². The Kier molecular flexibility index (Phi) is 6.87. The summed E-state index contributed by atoms with van der Waals surface area (Å²) >= 11 is 0. The zero-order valence-corrected chi connectivity index (χ0v) is 27.3. The van der Waals surface area contributed by atoms with Crippen molar-refractivity contribution in [1.29, 1.82) is 0 Å². The van der Waals surface area contributed by atoms with Crippen molar-refractivity contribution in [2.24, 2.45) is 0 Å². The molecule has 9 aromatic rings. The summed E-state index contributed by atoms with van der Waals surface area (Å²) in [6.07, 6.45) is 0. The Balaban J connectivity index is 1.16. The molecule has 0 amide bonds. The molecule has 0 saturated heterocycles. The van der Waals surface area contributed by atoms with Gasteiger partial charge in [0.15, 0.2) is 5.58 Å². The third kappa shape index (κ3) is 4.97. The molecule has 0 aliphatic carbocycles. The summed E-state index contributed by atoms with van der Waals surface area (Å²) < 4.78 is 8.65. The van der Waals surface area contributed by atoms with Gasteiger partial charge in [-0.05, 0) is 121 Å². The minimum atomic E-state index is 0.640. The lowest BCUT2D eigenvalue weighted by molar-refractivity contribution is 0.620. The molecule has 0 N–H and O–H groups in total. The van der Waals surface area contributed by atoms with E-state index < -0.39 is 0 Å². The van der Waals surface area contributed by atoms with E-state index in [1.807, 2.05) is 30.3 Å². The van der Waals surface area contributed by atoms with Crippen LogP contribution in [-0.2, 0) is 0 Å². The van der Waals surface area contributed by atoms with Crippen LogP contribution < -0.4 is 4.90 Å². The predicted octanol–water partition coefficient (Wildman–Crippen LogP) is 12.3. The lowest BCUT2D eigenvalue weighted by Gasteiger charge is -2.25. The van der Waals surface area contributed by atoms with Crippen molar-refractivity contribution < 1.29 is 4.42 Å². The van der Waals surface area contributed by atoms with Crippen molar-refractivity contribution in [3.63, 3.8) is 0 Å². The number of hydrogen-bond acceptors (Lipinski definition) is 3. The molecule has 0 spiro atoms. The molecule has 0 bridgehead atoms. The maximum absolute atomic E-state index is 6.23. The van der Waals surface area contributed by atoms with Crippen LogP contribution in [0.15, 0.2) is 168 Å². The second-order valence-corrected chi connectivity index (χ2v) is 12.6. The third-order valence-electron chi connectivity index (χ3n) is 9.45. The van der Waals surface area contributed by atoms with Crippen LogP contribution in [0.1, 0.15) is 11.1 Å². The van der Waals surface area contributed by atoms with Crippen LogP contribution in [0.3, 0.4) is 0 Å². The monoisotopic (exact) mass is 631 g/mol. The number of aryl methyl sites for hydroxylation is 2. The Labute approximate surface area is 285 Å². The Morgan fingerprint density at radius 3 is 1.90 bits per heavy atom. The summed E-state index contributed by atoms with van der Waals surface area (Å²) in [6.45, 7) is 4.40. The number of hydrogen-bond donors (Lipinski definition) is 0. The van der Waals surface area contributed by atoms with Crippen LogP contribution in [-0.4, -0.2) is 9.55 Å². The molecule has 0 fully saturated rings. The Morgan fingerprint density at radius 2 is 1.16 bits per heavy atom. The van der Waals surface area contributed by atoms with Gasteiger partial charge < -0.3 is 13.9 Å². The average molecular weight is 632 g/mol. The van der Waals surface area contributed by atoms with E-state index in [0.29, 0.717) is 5.89 Å². The topological polar surface area (TPSA) is 34.2 Å². The molecule has 2 heterocycles. The maximum atomic E-state index is 6.23. The van der Waals surface area contributed by atoms with Gasteiger partial charge in [-0.15, -0.1) is 0 Å². The number of benzene rings is 7. The number of oxazole rings is 1. The smallest absolute Gasteiger partial charge is 0.227 e. The van der Waals surface area contributed by atoms with Crippen molar-refractivity contribution in [2.75, 3.05) is 4.90 Å². The molecule has 2 aromatic heterocycles. The van der Waals surface area contributed by atoms with Gasteiger partial charge in [-0.2, -0.15) is 0 Å². The van der Waals surface area contributed by atoms with E-state index in [-0.39, 0.29) is 0 Å². The van der Waals surface area contributed by atoms with Gasteiger partial charge >= 0.3 is 0 Å². The first-order valence-corrected chi connectivity index (χ1v) is 16.6. The minimum absolute atomic E-state index is 0.640. The standard InChI is InChI=1S/C45H33N3O/c1-30-27-43(31(2)26-38(30)33-22-24-40-44(28-33)49-45(46-40)32-14-6-3-7-15-32)48-41-21-13-12-20-37(41)39-29-36(23-25-42(39)48)47(34-16-8-4-9-17-34)35-18-10-5-11-19-35/h3-29H,1-2H3. The molecular formula is C45H33N3O. The van der Waals surface area contributed by atoms with Crippen molar-refractivity contribution in [2.45, 2.75) is 13.8 Å². The molecular weight excluding hydrogens is 599 g/mol. The van der Waals surface area contributed by atoms with Crippen LogP contribution in [0.2, 0.25) is 0 Å². The highest BCUT2D eigenvalue weighted by molar-refractivity contribution is 6.11. The largest absolute Gasteiger partial charge is 0.436 e. The number of rotatable bonds is 6. The van der Waals surface area contributed by atoms with Crippen molar-refractivity contribution >= 4 is 50.0 Å². The van der Waals surface area contributed by atoms with E-state index in [2.05, 4.69) is 157 Å². The summed E-state index contributed by atoms with van der Waals surface area (Å²) in [5.41, 5.74) is 14.2. The summed E-state index contributed by atoms with van der Waals surface area (Å²) in [5.74, 6) is 0.640. The minimum Gasteiger partial charge on any atom is -0.436 e. The molecule has 7 aromatic carbocycles. The molecule has 9 rings (SSSR count). The van der Waals surface area contributed by atoms with E-state index in [0.717, 1.165) is 39.3 Å². The summed E-state index contributed by atoms with van der Waals surface area (Å²) in [7, 11) is 0. The number of para-hydroxylation sites is 3. The number of anilines is 3. The van der Waals surface area contributed by atoms with Crippen LogP contribution in [0.25, 0.3) is 61.2 Å². The lowest BCUT2D eigenvalue weighted by atomic mass is 9.97. The van der Waals surface area contributed by atoms with Crippen molar-refractivity contribution in [1.82, 2.24) is 9.55 Å². The Morgan fingerprint density at radius 1 is 0.510 bits per heavy atom. The van der Waals surface area contributed by atoms with Gasteiger partial charge in [0.2, 0.25) is 5.89 Å². The van der Waals surface area contributed by atoms with Gasteiger partial charge in [-0.1, -0.05) is 78.9 Å². The zero-order chi connectivity index (χ0) is 32.9. The Bertz CT molecular complexity index is 2580. The maximum Gasteiger partial charge on any atom is 0.227 e. The zero-order valence-electron chi connectivity index (χ0n) is 27.3. The molecule has 0 radical (unpaired) electrons. The van der Waals surface area contributed by atoms with Crippen molar-refractivity contribution in [3.8, 4) is 28.3 Å². The molecule has 4 heteroatoms. The molecule has 49 heavy (non-hydrogen) atoms. The van der Waals surface area contributed by atoms with E-state index in [4.69, 9.17) is 9.40 Å². The lowest BCUT2D eigenvalue weighted by Crippen LogP contribution is -2.09. The Hall–Kier alpha value is -6.39. The first-order valence-electron chi connectivity index (χ1n) is 16.6. The van der Waals surface area contributed by atoms with Gasteiger partial charge in [0.05, 0.1) is 11.0 Å². The van der Waals surface area contributed by atoms with E-state index in [9.17, 15) is 0 Å². The second kappa shape index (κ2) is 11.7. The molecule has 0 saturated carbocycles. The molecule has 234 valence electrons. The first-order chi connectivity index (χ1) is 24.1. The van der Waals surface area contributed by atoms with E-state index in [1.54, 1.807) is 0 Å². The highest BCUT2D eigenvalue weighted by Gasteiger charge is 2.19. The van der Waals surface area contributed by atoms with Gasteiger partial charge in [-0.3, -0.25) is 0 Å². The fourth-order valence-corrected chi connectivity index (χ4v) is 7.11. The first kappa shape index (κ1) is 28.8. The van der Waals surface area contributed by atoms with Gasteiger partial charge in [0, 0.05) is 39.1 Å². The second-order valence-electron chi connectivity index (χ2n) is 12.6. The molecule has 0 atom stereocenters.